The van der Waals surface area contributed by atoms with Gasteiger partial charge in [-0.15, -0.1) is 11.3 Å². The van der Waals surface area contributed by atoms with Gasteiger partial charge in [-0.1, -0.05) is 29.3 Å². The average Bonchev–Trinajstić information content (AvgIpc) is 3.32. The van der Waals surface area contributed by atoms with Crippen LogP contribution >= 0.6 is 45.5 Å². The van der Waals surface area contributed by atoms with Crippen LogP contribution in [-0.4, -0.2) is 52.5 Å². The molecule has 4 aromatic rings. The van der Waals surface area contributed by atoms with Crippen LogP contribution in [0.2, 0.25) is 5.02 Å². The lowest BCUT2D eigenvalue weighted by molar-refractivity contribution is -0.0919. The highest BCUT2D eigenvalue weighted by atomic mass is 127. The zero-order valence-electron chi connectivity index (χ0n) is 17.1. The highest BCUT2D eigenvalue weighted by Gasteiger charge is 2.43. The second kappa shape index (κ2) is 7.74. The molecule has 1 aliphatic rings. The number of hydrogen-bond donors (Lipinski definition) is 1. The molecule has 0 aliphatic carbocycles. The SMILES string of the molecule is Cc1ccc(S(=O)(=O)n2c(I)cc3c(-c4cnc(C5(O)CN(C)C5)s4)c(Cl)cnc32)cc1. The summed E-state index contributed by atoms with van der Waals surface area (Å²) in [4.78, 5) is 11.8. The van der Waals surface area contributed by atoms with E-state index in [1.165, 1.54) is 21.5 Å². The van der Waals surface area contributed by atoms with Crippen LogP contribution in [0.3, 0.4) is 0 Å². The maximum atomic E-state index is 13.4. The second-order valence-corrected chi connectivity index (χ2v) is 12.3. The minimum Gasteiger partial charge on any atom is -0.380 e. The van der Waals surface area contributed by atoms with Gasteiger partial charge in [-0.05, 0) is 54.8 Å². The van der Waals surface area contributed by atoms with Crippen LogP contribution in [0, 0.1) is 10.6 Å². The minimum absolute atomic E-state index is 0.188. The molecule has 1 aromatic carbocycles. The number of likely N-dealkylation sites (tertiary alicyclic amines) is 1. The predicted molar refractivity (Wildman–Crippen MR) is 134 cm³/mol. The van der Waals surface area contributed by atoms with Gasteiger partial charge in [0, 0.05) is 36.4 Å². The van der Waals surface area contributed by atoms with Gasteiger partial charge in [0.15, 0.2) is 5.65 Å². The monoisotopic (exact) mass is 600 g/mol. The number of aliphatic hydroxyl groups is 1. The number of pyridine rings is 1. The standard InChI is InChI=1S/C21H18ClIN4O3S2/c1-12-3-5-13(6-4-12)32(29,30)27-17(23)7-14-18(15(22)8-24-19(14)27)16-9-25-20(31-16)21(28)10-26(2)11-21/h3-9,28H,10-11H2,1-2H3. The number of benzene rings is 1. The Morgan fingerprint density at radius 1 is 1.19 bits per heavy atom. The molecule has 4 heterocycles. The quantitative estimate of drug-likeness (QED) is 0.355. The number of thiazole rings is 1. The number of aromatic nitrogens is 3. The van der Waals surface area contributed by atoms with E-state index in [9.17, 15) is 13.5 Å². The normalized spacial score (nSPS) is 16.4. The number of rotatable bonds is 4. The summed E-state index contributed by atoms with van der Waals surface area (Å²) in [5, 5.41) is 12.4. The average molecular weight is 601 g/mol. The van der Waals surface area contributed by atoms with Gasteiger partial charge in [0.25, 0.3) is 10.0 Å². The van der Waals surface area contributed by atoms with Gasteiger partial charge in [-0.3, -0.25) is 4.90 Å². The summed E-state index contributed by atoms with van der Waals surface area (Å²) < 4.78 is 28.6. The highest BCUT2D eigenvalue weighted by Crippen LogP contribution is 2.42. The van der Waals surface area contributed by atoms with Crippen LogP contribution in [0.15, 0.2) is 47.6 Å². The molecular formula is C21H18ClIN4O3S2. The molecule has 1 fully saturated rings. The number of fused-ring (bicyclic) bond motifs is 1. The van der Waals surface area contributed by atoms with Gasteiger partial charge >= 0.3 is 0 Å². The first-order chi connectivity index (χ1) is 15.1. The lowest BCUT2D eigenvalue weighted by Crippen LogP contribution is -2.57. The molecule has 166 valence electrons. The van der Waals surface area contributed by atoms with Gasteiger partial charge in [0.1, 0.15) is 10.6 Å². The first-order valence-corrected chi connectivity index (χ1v) is 13.4. The summed E-state index contributed by atoms with van der Waals surface area (Å²) in [5.41, 5.74) is 0.966. The fourth-order valence-corrected chi connectivity index (χ4v) is 7.98. The second-order valence-electron chi connectivity index (χ2n) is 8.00. The number of likely N-dealkylation sites (N-methyl/N-ethyl adjacent to an activating group) is 1. The zero-order chi connectivity index (χ0) is 22.8. The van der Waals surface area contributed by atoms with Crippen LogP contribution in [-0.2, 0) is 15.6 Å². The van der Waals surface area contributed by atoms with Crippen LogP contribution in [0.1, 0.15) is 10.6 Å². The summed E-state index contributed by atoms with van der Waals surface area (Å²) >= 11 is 9.88. The maximum Gasteiger partial charge on any atom is 0.270 e. The Kier molecular flexibility index (Phi) is 5.38. The van der Waals surface area contributed by atoms with E-state index in [1.807, 2.05) is 41.5 Å². The summed E-state index contributed by atoms with van der Waals surface area (Å²) in [6, 6.07) is 8.48. The lowest BCUT2D eigenvalue weighted by atomic mass is 9.96. The largest absolute Gasteiger partial charge is 0.380 e. The van der Waals surface area contributed by atoms with Crippen LogP contribution < -0.4 is 0 Å². The Morgan fingerprint density at radius 2 is 1.88 bits per heavy atom. The third-order valence-corrected chi connectivity index (χ3v) is 9.81. The Labute approximate surface area is 207 Å². The van der Waals surface area contributed by atoms with Gasteiger partial charge in [-0.2, -0.15) is 0 Å². The first kappa shape index (κ1) is 22.2. The van der Waals surface area contributed by atoms with Crippen molar-refractivity contribution in [3.8, 4) is 10.4 Å². The summed E-state index contributed by atoms with van der Waals surface area (Å²) in [7, 11) is -1.92. The number of halogens is 2. The van der Waals surface area contributed by atoms with Gasteiger partial charge < -0.3 is 5.11 Å². The third kappa shape index (κ3) is 3.48. The summed E-state index contributed by atoms with van der Waals surface area (Å²) in [6.07, 6.45) is 3.14. The fraction of sp³-hybridized carbons (Fsp3) is 0.238. The van der Waals surface area contributed by atoms with Gasteiger partial charge in [0.2, 0.25) is 0 Å². The molecule has 0 unspecified atom stereocenters. The molecule has 32 heavy (non-hydrogen) atoms. The van der Waals surface area contributed by atoms with Crippen molar-refractivity contribution in [3.63, 3.8) is 0 Å². The van der Waals surface area contributed by atoms with E-state index in [1.54, 1.807) is 36.5 Å². The molecule has 0 amide bonds. The van der Waals surface area contributed by atoms with E-state index in [0.29, 0.717) is 43.4 Å². The Bertz CT molecular complexity index is 1460. The molecule has 0 bridgehead atoms. The number of nitrogens with zero attached hydrogens (tertiary/aromatic N) is 4. The summed E-state index contributed by atoms with van der Waals surface area (Å²) in [5.74, 6) is 0. The van der Waals surface area contributed by atoms with Crippen molar-refractivity contribution in [2.75, 3.05) is 20.1 Å². The van der Waals surface area contributed by atoms with Crippen molar-refractivity contribution in [2.45, 2.75) is 17.4 Å². The zero-order valence-corrected chi connectivity index (χ0v) is 21.6. The Hall–Kier alpha value is -1.57. The smallest absolute Gasteiger partial charge is 0.270 e. The van der Waals surface area contributed by atoms with Crippen molar-refractivity contribution in [1.29, 1.82) is 0 Å². The highest BCUT2D eigenvalue weighted by molar-refractivity contribution is 14.1. The van der Waals surface area contributed by atoms with Crippen LogP contribution in [0.5, 0.6) is 0 Å². The Morgan fingerprint density at radius 3 is 2.53 bits per heavy atom. The third-order valence-electron chi connectivity index (χ3n) is 5.47. The van der Waals surface area contributed by atoms with Crippen molar-refractivity contribution in [3.05, 3.63) is 62.0 Å². The van der Waals surface area contributed by atoms with Gasteiger partial charge in [-0.25, -0.2) is 22.4 Å². The van der Waals surface area contributed by atoms with E-state index < -0.39 is 15.6 Å². The molecule has 0 atom stereocenters. The molecule has 1 saturated heterocycles. The van der Waals surface area contributed by atoms with Crippen molar-refractivity contribution in [1.82, 2.24) is 18.8 Å². The molecule has 1 N–H and O–H groups in total. The molecule has 1 aliphatic heterocycles. The predicted octanol–water partition coefficient (Wildman–Crippen LogP) is 4.10. The Balaban J connectivity index is 1.67. The van der Waals surface area contributed by atoms with Crippen LogP contribution in [0.25, 0.3) is 21.5 Å². The van der Waals surface area contributed by atoms with E-state index in [0.717, 1.165) is 10.4 Å². The number of hydrogen-bond acceptors (Lipinski definition) is 7. The molecule has 0 saturated carbocycles. The molecule has 7 nitrogen and oxygen atoms in total. The lowest BCUT2D eigenvalue weighted by Gasteiger charge is -2.42. The first-order valence-electron chi connectivity index (χ1n) is 9.65. The maximum absolute atomic E-state index is 13.4. The summed E-state index contributed by atoms with van der Waals surface area (Å²) in [6.45, 7) is 2.94. The van der Waals surface area contributed by atoms with E-state index in [2.05, 4.69) is 9.97 Å². The molecule has 3 aromatic heterocycles. The number of β-amino-alcohol motifs (C(OH)–C–C–N with tert-alkyl or cyclic N) is 1. The molecule has 0 spiro atoms. The van der Waals surface area contributed by atoms with Crippen molar-refractivity contribution < 1.29 is 13.5 Å². The van der Waals surface area contributed by atoms with Crippen molar-refractivity contribution in [2.24, 2.45) is 0 Å². The van der Waals surface area contributed by atoms with Crippen LogP contribution in [0.4, 0.5) is 0 Å². The molecule has 5 rings (SSSR count). The minimum atomic E-state index is -3.85. The topological polar surface area (TPSA) is 88.3 Å². The molecule has 0 radical (unpaired) electrons. The van der Waals surface area contributed by atoms with Gasteiger partial charge in [0.05, 0.1) is 18.5 Å². The molecular weight excluding hydrogens is 583 g/mol. The van der Waals surface area contributed by atoms with E-state index in [-0.39, 0.29) is 4.90 Å². The number of aryl methyl sites for hydroxylation is 1. The van der Waals surface area contributed by atoms with E-state index in [4.69, 9.17) is 11.6 Å². The molecule has 11 heteroatoms. The fourth-order valence-electron chi connectivity index (χ4n) is 3.95. The van der Waals surface area contributed by atoms with E-state index >= 15 is 0 Å². The van der Waals surface area contributed by atoms with Crippen molar-refractivity contribution >= 4 is 66.6 Å².